The van der Waals surface area contributed by atoms with Crippen molar-refractivity contribution in [2.45, 2.75) is 44.8 Å². The number of hydrogen-bond acceptors (Lipinski definition) is 4. The molecule has 0 radical (unpaired) electrons. The first-order valence-corrected chi connectivity index (χ1v) is 8.38. The van der Waals surface area contributed by atoms with E-state index in [1.165, 1.54) is 6.42 Å². The molecule has 1 amide bonds. The molecule has 0 bridgehead atoms. The van der Waals surface area contributed by atoms with Crippen LogP contribution in [0.25, 0.3) is 0 Å². The van der Waals surface area contributed by atoms with Crippen molar-refractivity contribution < 1.29 is 14.3 Å². The Hall–Kier alpha value is -2.50. The minimum atomic E-state index is -0.497. The number of aromatic nitrogens is 2. The van der Waals surface area contributed by atoms with Crippen molar-refractivity contribution in [3.63, 3.8) is 0 Å². The second kappa shape index (κ2) is 5.54. The maximum Gasteiger partial charge on any atom is 0.259 e. The predicted octanol–water partition coefficient (Wildman–Crippen LogP) is 3.41. The molecule has 1 aliphatic carbocycles. The van der Waals surface area contributed by atoms with Crippen molar-refractivity contribution in [1.82, 2.24) is 9.78 Å². The normalized spacial score (nSPS) is 17.9. The summed E-state index contributed by atoms with van der Waals surface area (Å²) < 4.78 is 13.8. The minimum absolute atomic E-state index is 0.174. The number of hydrogen-bond donors (Lipinski definition) is 1. The highest BCUT2D eigenvalue weighted by Crippen LogP contribution is 2.46. The molecule has 126 valence electrons. The highest BCUT2D eigenvalue weighted by molar-refractivity contribution is 6.05. The van der Waals surface area contributed by atoms with Crippen molar-refractivity contribution in [3.05, 3.63) is 35.7 Å². The van der Waals surface area contributed by atoms with Gasteiger partial charge in [0.1, 0.15) is 0 Å². The zero-order chi connectivity index (χ0) is 16.7. The topological polar surface area (TPSA) is 65.4 Å². The number of benzene rings is 1. The number of carbonyl (C=O) groups is 1. The Morgan fingerprint density at radius 3 is 2.67 bits per heavy atom. The zero-order valence-electron chi connectivity index (χ0n) is 14.0. The van der Waals surface area contributed by atoms with E-state index in [0.717, 1.165) is 37.1 Å². The van der Waals surface area contributed by atoms with E-state index in [1.807, 2.05) is 32.2 Å². The van der Waals surface area contributed by atoms with Gasteiger partial charge in [0.05, 0.1) is 11.8 Å². The Morgan fingerprint density at radius 1 is 1.21 bits per heavy atom. The Labute approximate surface area is 140 Å². The average Bonchev–Trinajstić information content (AvgIpc) is 3.08. The third kappa shape index (κ3) is 2.52. The molecule has 1 fully saturated rings. The van der Waals surface area contributed by atoms with Gasteiger partial charge < -0.3 is 14.8 Å². The van der Waals surface area contributed by atoms with Gasteiger partial charge in [0.15, 0.2) is 11.5 Å². The molecule has 1 aromatic carbocycles. The van der Waals surface area contributed by atoms with Crippen molar-refractivity contribution >= 4 is 11.6 Å². The van der Waals surface area contributed by atoms with Crippen LogP contribution in [0.4, 0.5) is 5.69 Å². The van der Waals surface area contributed by atoms with E-state index in [0.29, 0.717) is 17.0 Å². The van der Waals surface area contributed by atoms with Crippen molar-refractivity contribution in [3.8, 4) is 11.5 Å². The van der Waals surface area contributed by atoms with Gasteiger partial charge >= 0.3 is 0 Å². The second-order valence-corrected chi connectivity index (χ2v) is 6.56. The fourth-order valence-corrected chi connectivity index (χ4v) is 3.39. The van der Waals surface area contributed by atoms with Crippen LogP contribution < -0.4 is 14.8 Å². The maximum absolute atomic E-state index is 12.4. The molecule has 4 rings (SSSR count). The molecule has 2 aliphatic rings. The quantitative estimate of drug-likeness (QED) is 0.918. The van der Waals surface area contributed by atoms with Crippen LogP contribution >= 0.6 is 0 Å². The summed E-state index contributed by atoms with van der Waals surface area (Å²) in [7, 11) is 1.82. The number of carbonyl (C=O) groups excluding carboxylic acids is 1. The van der Waals surface area contributed by atoms with Crippen LogP contribution in [0.5, 0.6) is 11.5 Å². The van der Waals surface area contributed by atoms with Crippen LogP contribution in [0.3, 0.4) is 0 Å². The molecule has 0 atom stereocenters. The van der Waals surface area contributed by atoms with E-state index in [4.69, 9.17) is 9.47 Å². The smallest absolute Gasteiger partial charge is 0.259 e. The zero-order valence-corrected chi connectivity index (χ0v) is 14.0. The van der Waals surface area contributed by atoms with Gasteiger partial charge in [-0.3, -0.25) is 9.48 Å². The molecule has 6 nitrogen and oxygen atoms in total. The van der Waals surface area contributed by atoms with E-state index in [-0.39, 0.29) is 5.91 Å². The molecule has 1 N–H and O–H groups in total. The number of fused-ring (bicyclic) bond motifs is 1. The molecular weight excluding hydrogens is 306 g/mol. The molecule has 1 aromatic heterocycles. The van der Waals surface area contributed by atoms with Crippen LogP contribution in [-0.4, -0.2) is 21.5 Å². The summed E-state index contributed by atoms with van der Waals surface area (Å²) in [6.07, 6.45) is 6.89. The Morgan fingerprint density at radius 2 is 1.96 bits per heavy atom. The molecule has 6 heteroatoms. The van der Waals surface area contributed by atoms with Crippen molar-refractivity contribution in [2.24, 2.45) is 7.05 Å². The first kappa shape index (κ1) is 15.1. The summed E-state index contributed by atoms with van der Waals surface area (Å²) >= 11 is 0. The number of ether oxygens (including phenoxy) is 2. The van der Waals surface area contributed by atoms with Gasteiger partial charge in [0.25, 0.3) is 11.7 Å². The summed E-state index contributed by atoms with van der Waals surface area (Å²) in [6.45, 7) is 1.87. The first-order valence-electron chi connectivity index (χ1n) is 8.38. The number of nitrogens with zero attached hydrogens (tertiary/aromatic N) is 2. The number of anilines is 1. The Kier molecular flexibility index (Phi) is 3.48. The largest absolute Gasteiger partial charge is 0.448 e. The van der Waals surface area contributed by atoms with E-state index >= 15 is 0 Å². The molecule has 1 saturated carbocycles. The van der Waals surface area contributed by atoms with Gasteiger partial charge in [0.2, 0.25) is 0 Å². The van der Waals surface area contributed by atoms with E-state index in [9.17, 15) is 4.79 Å². The van der Waals surface area contributed by atoms with Crippen molar-refractivity contribution in [2.75, 3.05) is 5.32 Å². The summed E-state index contributed by atoms with van der Waals surface area (Å²) in [5.41, 5.74) is 2.09. The number of rotatable bonds is 2. The SMILES string of the molecule is Cc1c(C(=O)Nc2ccc3c(c2)OC2(CCCCC2)O3)cnn1C. The summed E-state index contributed by atoms with van der Waals surface area (Å²) in [5, 5.41) is 7.01. The second-order valence-electron chi connectivity index (χ2n) is 6.56. The Bertz CT molecular complexity index is 791. The fraction of sp³-hybridized carbons (Fsp3) is 0.444. The molecular formula is C18H21N3O3. The summed E-state index contributed by atoms with van der Waals surface area (Å²) in [5.74, 6) is 0.792. The average molecular weight is 327 g/mol. The fourth-order valence-electron chi connectivity index (χ4n) is 3.39. The lowest BCUT2D eigenvalue weighted by atomic mass is 9.94. The molecule has 2 heterocycles. The van der Waals surface area contributed by atoms with Gasteiger partial charge in [-0.25, -0.2) is 0 Å². The minimum Gasteiger partial charge on any atom is -0.448 e. The van der Waals surface area contributed by atoms with Crippen LogP contribution in [0.15, 0.2) is 24.4 Å². The van der Waals surface area contributed by atoms with Crippen LogP contribution in [0, 0.1) is 6.92 Å². The lowest BCUT2D eigenvalue weighted by molar-refractivity contribution is -0.105. The molecule has 24 heavy (non-hydrogen) atoms. The van der Waals surface area contributed by atoms with Crippen molar-refractivity contribution in [1.29, 1.82) is 0 Å². The molecule has 2 aromatic rings. The van der Waals surface area contributed by atoms with Gasteiger partial charge in [-0.2, -0.15) is 5.10 Å². The van der Waals surface area contributed by atoms with Crippen LogP contribution in [0.2, 0.25) is 0 Å². The maximum atomic E-state index is 12.4. The third-order valence-electron chi connectivity index (χ3n) is 4.89. The monoisotopic (exact) mass is 327 g/mol. The third-order valence-corrected chi connectivity index (χ3v) is 4.89. The molecule has 1 aliphatic heterocycles. The van der Waals surface area contributed by atoms with Gasteiger partial charge in [0, 0.05) is 37.3 Å². The van der Waals surface area contributed by atoms with Crippen LogP contribution in [0.1, 0.15) is 48.2 Å². The highest BCUT2D eigenvalue weighted by Gasteiger charge is 2.42. The van der Waals surface area contributed by atoms with Gasteiger partial charge in [-0.05, 0) is 31.9 Å². The highest BCUT2D eigenvalue weighted by atomic mass is 16.7. The van der Waals surface area contributed by atoms with Gasteiger partial charge in [-0.1, -0.05) is 6.42 Å². The molecule has 1 spiro atoms. The molecule has 0 saturated heterocycles. The van der Waals surface area contributed by atoms with E-state index < -0.39 is 5.79 Å². The van der Waals surface area contributed by atoms with E-state index in [2.05, 4.69) is 10.4 Å². The predicted molar refractivity (Wildman–Crippen MR) is 89.4 cm³/mol. The number of aryl methyl sites for hydroxylation is 1. The van der Waals surface area contributed by atoms with Crippen LogP contribution in [-0.2, 0) is 7.05 Å². The Balaban J connectivity index is 1.52. The van der Waals surface area contributed by atoms with E-state index in [1.54, 1.807) is 10.9 Å². The lowest BCUT2D eigenvalue weighted by Gasteiger charge is -2.31. The standard InChI is InChI=1S/C18H21N3O3/c1-12-14(11-19-21(12)2)17(22)20-13-6-7-15-16(10-13)24-18(23-15)8-4-3-5-9-18/h6-7,10-11H,3-5,8-9H2,1-2H3,(H,20,22). The summed E-state index contributed by atoms with van der Waals surface area (Å²) in [4.78, 5) is 12.4. The molecule has 0 unspecified atom stereocenters. The number of nitrogens with one attached hydrogen (secondary N) is 1. The first-order chi connectivity index (χ1) is 11.6. The number of amides is 1. The van der Waals surface area contributed by atoms with Gasteiger partial charge in [-0.15, -0.1) is 0 Å². The summed E-state index contributed by atoms with van der Waals surface area (Å²) in [6, 6.07) is 5.54. The lowest BCUT2D eigenvalue weighted by Crippen LogP contribution is -2.40.